The van der Waals surface area contributed by atoms with Crippen molar-refractivity contribution in [1.29, 1.82) is 5.26 Å². The molecule has 1 aromatic heterocycles. The SMILES string of the molecule is N#Cc1ccc(NC(=O)N2Cc3c(C(N)=O)c(-c4ccc(F)c(Cl)c4)nn3C[C@H]2C(F)(F)F)cc1. The van der Waals surface area contributed by atoms with Gasteiger partial charge in [-0.2, -0.15) is 23.5 Å². The van der Waals surface area contributed by atoms with E-state index >= 15 is 0 Å². The number of nitrogens with zero attached hydrogens (tertiary/aromatic N) is 4. The van der Waals surface area contributed by atoms with Crippen LogP contribution in [-0.2, 0) is 13.1 Å². The summed E-state index contributed by atoms with van der Waals surface area (Å²) in [4.78, 5) is 25.7. The summed E-state index contributed by atoms with van der Waals surface area (Å²) < 4.78 is 56.3. The molecule has 1 aliphatic rings. The number of urea groups is 1. The first-order valence-electron chi connectivity index (χ1n) is 9.99. The normalized spacial score (nSPS) is 15.3. The number of hydrogen-bond acceptors (Lipinski definition) is 4. The zero-order valence-corrected chi connectivity index (χ0v) is 18.4. The number of carbonyl (C=O) groups excluding carboxylic acids is 2. The van der Waals surface area contributed by atoms with E-state index < -0.39 is 43.1 Å². The van der Waals surface area contributed by atoms with Gasteiger partial charge in [0.2, 0.25) is 0 Å². The monoisotopic (exact) mass is 506 g/mol. The maximum absolute atomic E-state index is 13.9. The van der Waals surface area contributed by atoms with E-state index in [4.69, 9.17) is 22.6 Å². The number of benzene rings is 2. The minimum Gasteiger partial charge on any atom is -0.365 e. The van der Waals surface area contributed by atoms with Crippen molar-refractivity contribution in [2.24, 2.45) is 5.73 Å². The number of fused-ring (bicyclic) bond motifs is 1. The highest BCUT2D eigenvalue weighted by Gasteiger charge is 2.49. The lowest BCUT2D eigenvalue weighted by Crippen LogP contribution is -2.55. The van der Waals surface area contributed by atoms with Gasteiger partial charge in [0.15, 0.2) is 0 Å². The second kappa shape index (κ2) is 8.92. The number of primary amides is 1. The summed E-state index contributed by atoms with van der Waals surface area (Å²) in [6, 6.07) is 7.55. The third kappa shape index (κ3) is 4.63. The fourth-order valence-corrected chi connectivity index (χ4v) is 3.94. The number of rotatable bonds is 3. The third-order valence-corrected chi connectivity index (χ3v) is 5.73. The van der Waals surface area contributed by atoms with Crippen molar-refractivity contribution in [3.63, 3.8) is 0 Å². The Morgan fingerprint density at radius 3 is 2.46 bits per heavy atom. The molecule has 13 heteroatoms. The van der Waals surface area contributed by atoms with Crippen molar-refractivity contribution in [3.05, 3.63) is 70.1 Å². The van der Waals surface area contributed by atoms with Gasteiger partial charge >= 0.3 is 12.2 Å². The van der Waals surface area contributed by atoms with E-state index in [-0.39, 0.29) is 33.2 Å². The summed E-state index contributed by atoms with van der Waals surface area (Å²) in [6.45, 7) is -1.43. The van der Waals surface area contributed by atoms with Crippen LogP contribution in [0.4, 0.5) is 28.0 Å². The van der Waals surface area contributed by atoms with Gasteiger partial charge in [0.05, 0.1) is 41.0 Å². The van der Waals surface area contributed by atoms with E-state index in [9.17, 15) is 27.2 Å². The van der Waals surface area contributed by atoms with Crippen LogP contribution in [0.25, 0.3) is 11.3 Å². The molecule has 2 aromatic carbocycles. The number of carbonyl (C=O) groups is 2. The first kappa shape index (κ1) is 24.0. The Kier molecular flexibility index (Phi) is 6.12. The van der Waals surface area contributed by atoms with E-state index in [0.29, 0.717) is 10.5 Å². The zero-order chi connectivity index (χ0) is 25.5. The van der Waals surface area contributed by atoms with Crippen molar-refractivity contribution in [2.75, 3.05) is 5.32 Å². The Balaban J connectivity index is 1.74. The molecule has 35 heavy (non-hydrogen) atoms. The number of alkyl halides is 3. The zero-order valence-electron chi connectivity index (χ0n) is 17.6. The van der Waals surface area contributed by atoms with Crippen molar-refractivity contribution in [1.82, 2.24) is 14.7 Å². The fourth-order valence-electron chi connectivity index (χ4n) is 3.76. The summed E-state index contributed by atoms with van der Waals surface area (Å²) >= 11 is 5.81. The van der Waals surface area contributed by atoms with Crippen LogP contribution in [0.3, 0.4) is 0 Å². The number of halogens is 5. The molecular weight excluding hydrogens is 492 g/mol. The van der Waals surface area contributed by atoms with E-state index in [1.807, 2.05) is 6.07 Å². The van der Waals surface area contributed by atoms with Crippen molar-refractivity contribution in [3.8, 4) is 17.3 Å². The lowest BCUT2D eigenvalue weighted by molar-refractivity contribution is -0.184. The molecule has 4 rings (SSSR count). The molecule has 0 unspecified atom stereocenters. The van der Waals surface area contributed by atoms with Gasteiger partial charge in [0.25, 0.3) is 5.91 Å². The van der Waals surface area contributed by atoms with Crippen LogP contribution in [0, 0.1) is 17.1 Å². The number of nitrogens with one attached hydrogen (secondary N) is 1. The second-order valence-corrected chi connectivity index (χ2v) is 8.06. The molecule has 0 spiro atoms. The smallest absolute Gasteiger partial charge is 0.365 e. The Morgan fingerprint density at radius 1 is 1.20 bits per heavy atom. The Bertz CT molecular complexity index is 1360. The van der Waals surface area contributed by atoms with Crippen LogP contribution in [0.2, 0.25) is 5.02 Å². The van der Waals surface area contributed by atoms with Crippen LogP contribution in [0.15, 0.2) is 42.5 Å². The molecule has 1 aliphatic heterocycles. The first-order chi connectivity index (χ1) is 16.5. The number of nitriles is 1. The molecule has 1 atom stereocenters. The van der Waals surface area contributed by atoms with Crippen LogP contribution in [0.5, 0.6) is 0 Å². The molecule has 2 heterocycles. The average molecular weight is 507 g/mol. The molecule has 3 aromatic rings. The second-order valence-electron chi connectivity index (χ2n) is 7.65. The van der Waals surface area contributed by atoms with Gasteiger partial charge < -0.3 is 16.0 Å². The molecule has 8 nitrogen and oxygen atoms in total. The molecule has 3 amide bonds. The molecule has 3 N–H and O–H groups in total. The fraction of sp³-hybridized carbons (Fsp3) is 0.182. The molecule has 0 saturated carbocycles. The highest BCUT2D eigenvalue weighted by Crippen LogP contribution is 2.36. The summed E-state index contributed by atoms with van der Waals surface area (Å²) in [7, 11) is 0. The minimum absolute atomic E-state index is 0.0107. The maximum Gasteiger partial charge on any atom is 0.410 e. The molecule has 180 valence electrons. The maximum atomic E-state index is 13.9. The van der Waals surface area contributed by atoms with Crippen LogP contribution >= 0.6 is 11.6 Å². The van der Waals surface area contributed by atoms with Crippen molar-refractivity contribution in [2.45, 2.75) is 25.3 Å². The largest absolute Gasteiger partial charge is 0.410 e. The summed E-state index contributed by atoms with van der Waals surface area (Å²) in [5.74, 6) is -1.72. The Morgan fingerprint density at radius 2 is 1.89 bits per heavy atom. The van der Waals surface area contributed by atoms with Gasteiger partial charge in [-0.1, -0.05) is 11.6 Å². The topological polar surface area (TPSA) is 117 Å². The van der Waals surface area contributed by atoms with Gasteiger partial charge in [-0.15, -0.1) is 0 Å². The van der Waals surface area contributed by atoms with E-state index in [1.54, 1.807) is 0 Å². The van der Waals surface area contributed by atoms with Crippen LogP contribution in [0.1, 0.15) is 21.6 Å². The van der Waals surface area contributed by atoms with Gasteiger partial charge in [-0.3, -0.25) is 9.48 Å². The van der Waals surface area contributed by atoms with E-state index in [2.05, 4.69) is 10.4 Å². The number of amides is 3. The van der Waals surface area contributed by atoms with Crippen molar-refractivity contribution < 1.29 is 27.2 Å². The van der Waals surface area contributed by atoms with Gasteiger partial charge in [-0.25, -0.2) is 9.18 Å². The number of aromatic nitrogens is 2. The average Bonchev–Trinajstić information content (AvgIpc) is 3.19. The van der Waals surface area contributed by atoms with Gasteiger partial charge in [0.1, 0.15) is 17.6 Å². The molecule has 0 aliphatic carbocycles. The van der Waals surface area contributed by atoms with Gasteiger partial charge in [-0.05, 0) is 42.5 Å². The highest BCUT2D eigenvalue weighted by atomic mass is 35.5. The van der Waals surface area contributed by atoms with Crippen LogP contribution in [-0.4, -0.2) is 38.8 Å². The number of nitrogens with two attached hydrogens (primary N) is 1. The van der Waals surface area contributed by atoms with Crippen molar-refractivity contribution >= 4 is 29.2 Å². The predicted octanol–water partition coefficient (Wildman–Crippen LogP) is 4.29. The highest BCUT2D eigenvalue weighted by molar-refractivity contribution is 6.31. The third-order valence-electron chi connectivity index (χ3n) is 5.44. The number of hydrogen-bond donors (Lipinski definition) is 2. The first-order valence-corrected chi connectivity index (χ1v) is 10.4. The molecule has 0 fully saturated rings. The summed E-state index contributed by atoms with van der Waals surface area (Å²) in [6.07, 6.45) is -4.82. The Labute approximate surface area is 200 Å². The predicted molar refractivity (Wildman–Crippen MR) is 117 cm³/mol. The lowest BCUT2D eigenvalue weighted by Gasteiger charge is -2.37. The van der Waals surface area contributed by atoms with E-state index in [0.717, 1.165) is 10.7 Å². The molecule has 0 radical (unpaired) electrons. The molecule has 0 saturated heterocycles. The lowest BCUT2D eigenvalue weighted by atomic mass is 10.0. The Hall–Kier alpha value is -4.11. The summed E-state index contributed by atoms with van der Waals surface area (Å²) in [5.41, 5.74) is 5.87. The minimum atomic E-state index is -4.82. The van der Waals surface area contributed by atoms with Crippen LogP contribution < -0.4 is 11.1 Å². The molecule has 0 bridgehead atoms. The van der Waals surface area contributed by atoms with Gasteiger partial charge in [0, 0.05) is 11.3 Å². The number of anilines is 1. The standard InChI is InChI=1S/C22H15ClF4N6O2/c23-14-7-12(3-6-15(14)24)19-18(20(29)34)16-9-32(17(22(25,26)27)10-33(16)31-19)21(35)30-13-4-1-11(8-28)2-5-13/h1-7,17H,9-10H2,(H2,29,34)(H,30,35)/t17-/m0/s1. The summed E-state index contributed by atoms with van der Waals surface area (Å²) in [5, 5.41) is 15.1. The quantitative estimate of drug-likeness (QED) is 0.515. The van der Waals surface area contributed by atoms with E-state index in [1.165, 1.54) is 36.4 Å². The molecular formula is C22H15ClF4N6O2.